The highest BCUT2D eigenvalue weighted by atomic mass is 16.5. The maximum Gasteiger partial charge on any atom is 0.316 e. The van der Waals surface area contributed by atoms with Gasteiger partial charge in [0.15, 0.2) is 0 Å². The normalized spacial score (nSPS) is 12.2. The molecule has 0 unspecified atom stereocenters. The van der Waals surface area contributed by atoms with Crippen LogP contribution in [0.5, 0.6) is 5.75 Å². The number of anilines is 1. The van der Waals surface area contributed by atoms with E-state index in [4.69, 9.17) is 10.5 Å². The average molecular weight is 501 g/mol. The minimum absolute atomic E-state index is 0.0118. The van der Waals surface area contributed by atoms with E-state index in [-0.39, 0.29) is 29.4 Å². The second-order valence-electron chi connectivity index (χ2n) is 9.54. The Morgan fingerprint density at radius 1 is 1.11 bits per heavy atom. The number of aliphatic hydroxyl groups is 1. The van der Waals surface area contributed by atoms with Gasteiger partial charge in [-0.1, -0.05) is 37.3 Å². The predicted octanol–water partition coefficient (Wildman–Crippen LogP) is 3.00. The Balaban J connectivity index is 1.86. The van der Waals surface area contributed by atoms with Crippen molar-refractivity contribution in [2.75, 3.05) is 31.6 Å². The molecule has 2 aromatic rings. The number of rotatable bonds is 15. The lowest BCUT2D eigenvalue weighted by Crippen LogP contribution is -2.43. The van der Waals surface area contributed by atoms with E-state index in [1.165, 1.54) is 12.1 Å². The molecule has 0 saturated carbocycles. The minimum atomic E-state index is -0.860. The molecule has 0 aromatic heterocycles. The lowest BCUT2D eigenvalue weighted by atomic mass is 9.93. The zero-order valence-corrected chi connectivity index (χ0v) is 21.5. The van der Waals surface area contributed by atoms with E-state index in [0.717, 1.165) is 30.6 Å². The van der Waals surface area contributed by atoms with Crippen molar-refractivity contribution in [2.45, 2.75) is 58.1 Å². The molecular weight excluding hydrogens is 460 g/mol. The van der Waals surface area contributed by atoms with Crippen LogP contribution in [0, 0.1) is 0 Å². The molecule has 2 aromatic carbocycles. The number of phenolic OH excluding ortho intramolecular Hbond substituents is 1. The van der Waals surface area contributed by atoms with Gasteiger partial charge in [-0.2, -0.15) is 0 Å². The highest BCUT2D eigenvalue weighted by Crippen LogP contribution is 2.27. The SMILES string of the molecule is CCCOCCCNC(=O)Cc1cccc(CC(C)(C)NC[C@H](O)c2ccc(O)c(NC(N)=O)c2)c1. The third kappa shape index (κ3) is 10.6. The van der Waals surface area contributed by atoms with Gasteiger partial charge < -0.3 is 36.6 Å². The molecule has 0 aliphatic rings. The number of β-amino-alcohol motifs (C(OH)–C–C–N with tert-alkyl or cyclic N) is 1. The fourth-order valence-electron chi connectivity index (χ4n) is 3.80. The van der Waals surface area contributed by atoms with Crippen LogP contribution in [0.25, 0.3) is 0 Å². The van der Waals surface area contributed by atoms with Crippen LogP contribution in [0.4, 0.5) is 10.5 Å². The first-order valence-corrected chi connectivity index (χ1v) is 12.3. The van der Waals surface area contributed by atoms with Crippen molar-refractivity contribution in [3.63, 3.8) is 0 Å². The van der Waals surface area contributed by atoms with E-state index in [9.17, 15) is 19.8 Å². The second kappa shape index (κ2) is 14.4. The van der Waals surface area contributed by atoms with Crippen molar-refractivity contribution in [2.24, 2.45) is 5.73 Å². The Morgan fingerprint density at radius 3 is 2.58 bits per heavy atom. The zero-order valence-electron chi connectivity index (χ0n) is 21.5. The molecule has 2 rings (SSSR count). The molecule has 3 amide bonds. The third-order valence-corrected chi connectivity index (χ3v) is 5.58. The first-order valence-electron chi connectivity index (χ1n) is 12.3. The highest BCUT2D eigenvalue weighted by molar-refractivity contribution is 5.89. The van der Waals surface area contributed by atoms with Gasteiger partial charge >= 0.3 is 6.03 Å². The van der Waals surface area contributed by atoms with Gasteiger partial charge in [-0.05, 0) is 61.9 Å². The van der Waals surface area contributed by atoms with Gasteiger partial charge in [0.05, 0.1) is 18.2 Å². The summed E-state index contributed by atoms with van der Waals surface area (Å²) in [5.41, 5.74) is 7.49. The summed E-state index contributed by atoms with van der Waals surface area (Å²) in [7, 11) is 0. The van der Waals surface area contributed by atoms with Crippen LogP contribution in [-0.2, 0) is 22.4 Å². The summed E-state index contributed by atoms with van der Waals surface area (Å²) in [6.07, 6.45) is 1.93. The quantitative estimate of drug-likeness (QED) is 0.164. The number of nitrogens with two attached hydrogens (primary N) is 1. The molecule has 9 nitrogen and oxygen atoms in total. The highest BCUT2D eigenvalue weighted by Gasteiger charge is 2.21. The summed E-state index contributed by atoms with van der Waals surface area (Å²) in [5, 5.41) is 29.1. The van der Waals surface area contributed by atoms with E-state index >= 15 is 0 Å². The summed E-state index contributed by atoms with van der Waals surface area (Å²) in [6.45, 7) is 8.40. The second-order valence-corrected chi connectivity index (χ2v) is 9.54. The van der Waals surface area contributed by atoms with Crippen LogP contribution in [0.1, 0.15) is 56.4 Å². The maximum absolute atomic E-state index is 12.3. The number of nitrogens with one attached hydrogen (secondary N) is 3. The number of ether oxygens (including phenoxy) is 1. The lowest BCUT2D eigenvalue weighted by molar-refractivity contribution is -0.120. The van der Waals surface area contributed by atoms with Gasteiger partial charge in [0.2, 0.25) is 5.91 Å². The Hall–Kier alpha value is -3.14. The number of urea groups is 1. The summed E-state index contributed by atoms with van der Waals surface area (Å²) in [6, 6.07) is 11.6. The van der Waals surface area contributed by atoms with Crippen LogP contribution in [0.3, 0.4) is 0 Å². The molecule has 0 bridgehead atoms. The van der Waals surface area contributed by atoms with Crippen LogP contribution in [0.2, 0.25) is 0 Å². The molecule has 0 spiro atoms. The topological polar surface area (TPSA) is 146 Å². The Morgan fingerprint density at radius 2 is 1.86 bits per heavy atom. The van der Waals surface area contributed by atoms with Gasteiger partial charge in [0, 0.05) is 31.8 Å². The molecular formula is C27H40N4O5. The number of carbonyl (C=O) groups excluding carboxylic acids is 2. The van der Waals surface area contributed by atoms with Crippen molar-refractivity contribution in [1.29, 1.82) is 0 Å². The molecule has 0 saturated heterocycles. The van der Waals surface area contributed by atoms with E-state index in [1.54, 1.807) is 6.07 Å². The Kier molecular flexibility index (Phi) is 11.7. The largest absolute Gasteiger partial charge is 0.506 e. The molecule has 0 heterocycles. The van der Waals surface area contributed by atoms with Crippen molar-refractivity contribution in [1.82, 2.24) is 10.6 Å². The fraction of sp³-hybridized carbons (Fsp3) is 0.481. The van der Waals surface area contributed by atoms with Crippen LogP contribution < -0.4 is 21.7 Å². The number of aromatic hydroxyl groups is 1. The standard InChI is InChI=1S/C27H40N4O5/c1-4-12-36-13-6-11-29-25(34)15-19-7-5-8-20(14-19)17-27(2,3)30-18-24(33)21-9-10-23(32)22(16-21)31-26(28)35/h5,7-10,14,16,24,30,32-33H,4,6,11-13,15,17-18H2,1-3H3,(H,29,34)(H3,28,31,35)/t24-/m0/s1. The molecule has 0 radical (unpaired) electrons. The number of phenols is 1. The van der Waals surface area contributed by atoms with Crippen molar-refractivity contribution in [3.05, 3.63) is 59.2 Å². The summed E-state index contributed by atoms with van der Waals surface area (Å²) in [5.74, 6) is -0.144. The van der Waals surface area contributed by atoms with Gasteiger partial charge in [0.1, 0.15) is 5.75 Å². The molecule has 36 heavy (non-hydrogen) atoms. The molecule has 0 aliphatic heterocycles. The van der Waals surface area contributed by atoms with E-state index in [1.807, 2.05) is 38.1 Å². The first kappa shape index (κ1) is 29.1. The fourth-order valence-corrected chi connectivity index (χ4v) is 3.80. The number of primary amides is 1. The molecule has 1 atom stereocenters. The molecule has 9 heteroatoms. The molecule has 7 N–H and O–H groups in total. The van der Waals surface area contributed by atoms with Crippen LogP contribution in [0.15, 0.2) is 42.5 Å². The van der Waals surface area contributed by atoms with E-state index in [2.05, 4.69) is 22.9 Å². The number of benzene rings is 2. The number of hydrogen-bond acceptors (Lipinski definition) is 6. The van der Waals surface area contributed by atoms with Gasteiger partial charge in [0.25, 0.3) is 0 Å². The Labute approximate surface area is 213 Å². The maximum atomic E-state index is 12.3. The lowest BCUT2D eigenvalue weighted by Gasteiger charge is -2.28. The number of amides is 3. The number of hydrogen-bond donors (Lipinski definition) is 6. The average Bonchev–Trinajstić information content (AvgIpc) is 2.81. The summed E-state index contributed by atoms with van der Waals surface area (Å²) >= 11 is 0. The predicted molar refractivity (Wildman–Crippen MR) is 141 cm³/mol. The monoisotopic (exact) mass is 500 g/mol. The molecule has 0 aliphatic carbocycles. The molecule has 198 valence electrons. The number of aliphatic hydroxyl groups excluding tert-OH is 1. The van der Waals surface area contributed by atoms with E-state index < -0.39 is 12.1 Å². The van der Waals surface area contributed by atoms with E-state index in [0.29, 0.717) is 31.6 Å². The third-order valence-electron chi connectivity index (χ3n) is 5.58. The molecule has 0 fully saturated rings. The van der Waals surface area contributed by atoms with Crippen molar-refractivity contribution >= 4 is 17.6 Å². The minimum Gasteiger partial charge on any atom is -0.506 e. The summed E-state index contributed by atoms with van der Waals surface area (Å²) < 4.78 is 5.43. The van der Waals surface area contributed by atoms with Gasteiger partial charge in [-0.25, -0.2) is 4.79 Å². The Bertz CT molecular complexity index is 996. The van der Waals surface area contributed by atoms with Crippen molar-refractivity contribution in [3.8, 4) is 5.75 Å². The smallest absolute Gasteiger partial charge is 0.316 e. The van der Waals surface area contributed by atoms with Gasteiger partial charge in [-0.15, -0.1) is 0 Å². The zero-order chi connectivity index (χ0) is 26.6. The number of carbonyl (C=O) groups is 2. The van der Waals surface area contributed by atoms with Crippen LogP contribution in [-0.4, -0.2) is 54.0 Å². The first-order chi connectivity index (χ1) is 17.1. The van der Waals surface area contributed by atoms with Gasteiger partial charge in [-0.3, -0.25) is 4.79 Å². The summed E-state index contributed by atoms with van der Waals surface area (Å²) in [4.78, 5) is 23.4. The van der Waals surface area contributed by atoms with Crippen molar-refractivity contribution < 1.29 is 24.5 Å². The van der Waals surface area contributed by atoms with Crippen LogP contribution >= 0.6 is 0 Å².